The number of carbonyl (C=O) groups is 2. The van der Waals surface area contributed by atoms with Crippen LogP contribution < -0.4 is 0 Å². The lowest BCUT2D eigenvalue weighted by Crippen LogP contribution is -2.37. The van der Waals surface area contributed by atoms with Crippen LogP contribution in [-0.2, 0) is 32.7 Å². The van der Waals surface area contributed by atoms with Gasteiger partial charge in [0.2, 0.25) is 0 Å². The SMILES string of the molecule is CCCCC/C=C\C/C=C\CCCCCCCCCC(=O)OC(COC(=O)CCCCCCCCCCCCCCCC)COP(=O)(O)OCC[N+](C)(C)C. The number of likely N-dealkylation sites (N-methyl/N-ethyl adjacent to an activating group) is 1. The van der Waals surface area contributed by atoms with E-state index in [9.17, 15) is 19.0 Å². The maximum Gasteiger partial charge on any atom is 0.472 e. The van der Waals surface area contributed by atoms with Gasteiger partial charge in [-0.3, -0.25) is 18.6 Å². The van der Waals surface area contributed by atoms with Gasteiger partial charge in [-0.05, 0) is 44.9 Å². The number of hydrogen-bond acceptors (Lipinski definition) is 7. The van der Waals surface area contributed by atoms with Gasteiger partial charge in [0.25, 0.3) is 0 Å². The second kappa shape index (κ2) is 38.0. The molecule has 0 aromatic heterocycles. The smallest absolute Gasteiger partial charge is 0.462 e. The molecular weight excluding hydrogens is 713 g/mol. The first kappa shape index (κ1) is 53.5. The van der Waals surface area contributed by atoms with Crippen molar-refractivity contribution in [1.82, 2.24) is 0 Å². The molecule has 0 aliphatic rings. The summed E-state index contributed by atoms with van der Waals surface area (Å²) < 4.78 is 34.3. The summed E-state index contributed by atoms with van der Waals surface area (Å²) in [4.78, 5) is 35.4. The Bertz CT molecular complexity index is 996. The van der Waals surface area contributed by atoms with Crippen LogP contribution in [0.5, 0.6) is 0 Å². The largest absolute Gasteiger partial charge is 0.472 e. The molecule has 0 amide bonds. The zero-order chi connectivity index (χ0) is 40.7. The standard InChI is InChI=1S/C45H86NO8P/c1-6-8-10-12-14-16-18-20-22-23-24-26-28-30-32-34-36-38-45(48)54-43(42-53-55(49,50)52-40-39-46(3,4)5)41-51-44(47)37-35-33-31-29-27-25-21-19-17-15-13-11-9-7-2/h14,16,20,22,43H,6-13,15,17-19,21,23-42H2,1-5H3/p+1/b16-14-,22-20-. The predicted octanol–water partition coefficient (Wildman–Crippen LogP) is 12.7. The zero-order valence-electron chi connectivity index (χ0n) is 36.4. The third-order valence-corrected chi connectivity index (χ3v) is 10.7. The van der Waals surface area contributed by atoms with Crippen LogP contribution in [0.15, 0.2) is 24.3 Å². The molecule has 0 fully saturated rings. The lowest BCUT2D eigenvalue weighted by Gasteiger charge is -2.24. The molecule has 1 N–H and O–H groups in total. The fourth-order valence-corrected chi connectivity index (χ4v) is 6.90. The minimum Gasteiger partial charge on any atom is -0.462 e. The number of phosphoric acid groups is 1. The molecule has 0 aliphatic heterocycles. The molecule has 324 valence electrons. The van der Waals surface area contributed by atoms with Gasteiger partial charge in [-0.1, -0.05) is 167 Å². The van der Waals surface area contributed by atoms with Crippen molar-refractivity contribution in [3.63, 3.8) is 0 Å². The summed E-state index contributed by atoms with van der Waals surface area (Å²) in [6.45, 7) is 4.40. The Hall–Kier alpha value is -1.51. The average molecular weight is 801 g/mol. The van der Waals surface area contributed by atoms with Gasteiger partial charge >= 0.3 is 19.8 Å². The third-order valence-electron chi connectivity index (χ3n) is 9.73. The highest BCUT2D eigenvalue weighted by molar-refractivity contribution is 7.47. The van der Waals surface area contributed by atoms with E-state index in [2.05, 4.69) is 38.2 Å². The van der Waals surface area contributed by atoms with Crippen molar-refractivity contribution in [1.29, 1.82) is 0 Å². The molecule has 0 bridgehead atoms. The summed E-state index contributed by atoms with van der Waals surface area (Å²) in [5.74, 6) is -0.800. The number of unbranched alkanes of at least 4 members (excludes halogenated alkanes) is 23. The summed E-state index contributed by atoms with van der Waals surface area (Å²) in [5.41, 5.74) is 0. The van der Waals surface area contributed by atoms with Crippen molar-refractivity contribution in [2.75, 3.05) is 47.5 Å². The first-order chi connectivity index (χ1) is 26.5. The van der Waals surface area contributed by atoms with E-state index in [1.807, 2.05) is 21.1 Å². The maximum atomic E-state index is 12.7. The zero-order valence-corrected chi connectivity index (χ0v) is 37.3. The van der Waals surface area contributed by atoms with Crippen LogP contribution in [0, 0.1) is 0 Å². The van der Waals surface area contributed by atoms with Gasteiger partial charge in [-0.2, -0.15) is 0 Å². The molecule has 2 atom stereocenters. The molecule has 0 heterocycles. The Balaban J connectivity index is 4.34. The first-order valence-corrected chi connectivity index (χ1v) is 24.1. The van der Waals surface area contributed by atoms with Crippen molar-refractivity contribution < 1.29 is 42.1 Å². The van der Waals surface area contributed by atoms with Crippen molar-refractivity contribution >= 4 is 19.8 Å². The second-order valence-corrected chi connectivity index (χ2v) is 17.9. The van der Waals surface area contributed by atoms with Crippen LogP contribution in [0.4, 0.5) is 0 Å². The highest BCUT2D eigenvalue weighted by atomic mass is 31.2. The van der Waals surface area contributed by atoms with E-state index in [1.165, 1.54) is 116 Å². The minimum absolute atomic E-state index is 0.0318. The number of esters is 2. The fraction of sp³-hybridized carbons (Fsp3) is 0.867. The van der Waals surface area contributed by atoms with Gasteiger partial charge in [0.05, 0.1) is 27.7 Å². The number of hydrogen-bond donors (Lipinski definition) is 1. The van der Waals surface area contributed by atoms with Crippen LogP contribution in [0.25, 0.3) is 0 Å². The molecule has 0 saturated carbocycles. The molecular formula is C45H87NO8P+. The minimum atomic E-state index is -4.37. The van der Waals surface area contributed by atoms with Crippen LogP contribution >= 0.6 is 7.82 Å². The van der Waals surface area contributed by atoms with Crippen LogP contribution in [0.3, 0.4) is 0 Å². The van der Waals surface area contributed by atoms with E-state index in [-0.39, 0.29) is 25.6 Å². The van der Waals surface area contributed by atoms with Crippen molar-refractivity contribution in [2.45, 2.75) is 206 Å². The van der Waals surface area contributed by atoms with E-state index in [1.54, 1.807) is 0 Å². The van der Waals surface area contributed by atoms with E-state index < -0.39 is 26.5 Å². The highest BCUT2D eigenvalue weighted by Crippen LogP contribution is 2.43. The number of carbonyl (C=O) groups excluding carboxylic acids is 2. The summed E-state index contributed by atoms with van der Waals surface area (Å²) in [7, 11) is 1.48. The Labute approximate surface area is 339 Å². The Morgan fingerprint density at radius 2 is 0.982 bits per heavy atom. The monoisotopic (exact) mass is 801 g/mol. The second-order valence-electron chi connectivity index (χ2n) is 16.4. The van der Waals surface area contributed by atoms with Gasteiger partial charge in [-0.25, -0.2) is 4.57 Å². The van der Waals surface area contributed by atoms with E-state index in [4.69, 9.17) is 18.5 Å². The van der Waals surface area contributed by atoms with Crippen molar-refractivity contribution in [3.05, 3.63) is 24.3 Å². The Morgan fingerprint density at radius 3 is 1.47 bits per heavy atom. The number of ether oxygens (including phenoxy) is 2. The lowest BCUT2D eigenvalue weighted by molar-refractivity contribution is -0.870. The molecule has 0 rings (SSSR count). The van der Waals surface area contributed by atoms with Gasteiger partial charge in [-0.15, -0.1) is 0 Å². The molecule has 9 nitrogen and oxygen atoms in total. The quantitative estimate of drug-likeness (QED) is 0.0214. The predicted molar refractivity (Wildman–Crippen MR) is 229 cm³/mol. The number of quaternary nitrogens is 1. The molecule has 2 unspecified atom stereocenters. The Morgan fingerprint density at radius 1 is 0.564 bits per heavy atom. The molecule has 0 aliphatic carbocycles. The number of nitrogens with zero attached hydrogens (tertiary/aromatic N) is 1. The van der Waals surface area contributed by atoms with Crippen molar-refractivity contribution in [2.24, 2.45) is 0 Å². The molecule has 0 radical (unpaired) electrons. The maximum absolute atomic E-state index is 12.7. The van der Waals surface area contributed by atoms with Crippen LogP contribution in [0.1, 0.15) is 200 Å². The van der Waals surface area contributed by atoms with E-state index >= 15 is 0 Å². The molecule has 0 aromatic rings. The van der Waals surface area contributed by atoms with Gasteiger partial charge in [0.15, 0.2) is 6.10 Å². The average Bonchev–Trinajstić information content (AvgIpc) is 3.13. The molecule has 0 saturated heterocycles. The molecule has 55 heavy (non-hydrogen) atoms. The third kappa shape index (κ3) is 41.9. The topological polar surface area (TPSA) is 108 Å². The van der Waals surface area contributed by atoms with Crippen LogP contribution in [0.2, 0.25) is 0 Å². The highest BCUT2D eigenvalue weighted by Gasteiger charge is 2.27. The summed E-state index contributed by atoms with van der Waals surface area (Å²) in [5, 5.41) is 0. The molecule has 0 spiro atoms. The lowest BCUT2D eigenvalue weighted by atomic mass is 10.0. The van der Waals surface area contributed by atoms with Gasteiger partial charge < -0.3 is 18.9 Å². The summed E-state index contributed by atoms with van der Waals surface area (Å²) >= 11 is 0. The summed E-state index contributed by atoms with van der Waals surface area (Å²) in [6.07, 6.45) is 40.7. The van der Waals surface area contributed by atoms with Crippen LogP contribution in [-0.4, -0.2) is 74.9 Å². The van der Waals surface area contributed by atoms with E-state index in [0.717, 1.165) is 51.4 Å². The summed E-state index contributed by atoms with van der Waals surface area (Å²) in [6, 6.07) is 0. The van der Waals surface area contributed by atoms with E-state index in [0.29, 0.717) is 23.9 Å². The fourth-order valence-electron chi connectivity index (χ4n) is 6.16. The van der Waals surface area contributed by atoms with Crippen molar-refractivity contribution in [3.8, 4) is 0 Å². The van der Waals surface area contributed by atoms with Gasteiger partial charge in [0, 0.05) is 12.8 Å². The Kier molecular flexibility index (Phi) is 37.0. The number of allylic oxidation sites excluding steroid dienone is 4. The number of rotatable bonds is 41. The normalized spacial score (nSPS) is 13.8. The molecule has 0 aromatic carbocycles. The molecule has 10 heteroatoms. The number of phosphoric ester groups is 1. The first-order valence-electron chi connectivity index (χ1n) is 22.6. The van der Waals surface area contributed by atoms with Gasteiger partial charge in [0.1, 0.15) is 19.8 Å².